The average Bonchev–Trinajstić information content (AvgIpc) is 3.47. The molecule has 41 heavy (non-hydrogen) atoms. The largest absolute Gasteiger partial charge is 0.337 e. The minimum Gasteiger partial charge on any atom is -0.337 e. The minimum absolute atomic E-state index is 0.0602. The number of nitrogens with one attached hydrogen (secondary N) is 3. The monoisotopic (exact) mass is 597 g/mol. The summed E-state index contributed by atoms with van der Waals surface area (Å²) in [6.07, 6.45) is 3.47. The Morgan fingerprint density at radius 3 is 2.37 bits per heavy atom. The Labute approximate surface area is 238 Å². The molecule has 0 spiro atoms. The average molecular weight is 598 g/mol. The first-order chi connectivity index (χ1) is 19.5. The molecule has 4 aromatic rings. The first kappa shape index (κ1) is 29.0. The third-order valence-corrected chi connectivity index (χ3v) is 7.24. The van der Waals surface area contributed by atoms with Crippen LogP contribution >= 0.6 is 11.6 Å². The van der Waals surface area contributed by atoms with Gasteiger partial charge in [-0.2, -0.15) is 4.68 Å². The third-order valence-electron chi connectivity index (χ3n) is 5.50. The van der Waals surface area contributed by atoms with Crippen molar-refractivity contribution in [2.24, 2.45) is 0 Å². The van der Waals surface area contributed by atoms with Crippen molar-refractivity contribution < 1.29 is 27.2 Å². The predicted molar refractivity (Wildman–Crippen MR) is 147 cm³/mol. The van der Waals surface area contributed by atoms with Crippen LogP contribution in [0.4, 0.5) is 10.1 Å². The van der Waals surface area contributed by atoms with E-state index in [0.717, 1.165) is 13.0 Å². The summed E-state index contributed by atoms with van der Waals surface area (Å²) in [7, 11) is -4.06. The van der Waals surface area contributed by atoms with Crippen LogP contribution in [0, 0.1) is 5.82 Å². The van der Waals surface area contributed by atoms with E-state index in [1.165, 1.54) is 53.5 Å². The van der Waals surface area contributed by atoms with Crippen molar-refractivity contribution in [1.82, 2.24) is 30.2 Å². The Balaban J connectivity index is 1.55. The first-order valence-corrected chi connectivity index (χ1v) is 13.6. The summed E-state index contributed by atoms with van der Waals surface area (Å²) in [6.45, 7) is 1.07. The fourth-order valence-electron chi connectivity index (χ4n) is 3.66. The van der Waals surface area contributed by atoms with Crippen LogP contribution in [0.5, 0.6) is 0 Å². The van der Waals surface area contributed by atoms with Crippen LogP contribution in [-0.2, 0) is 24.4 Å². The summed E-state index contributed by atoms with van der Waals surface area (Å²) in [5.74, 6) is -2.92. The number of carbonyl (C=O) groups is 3. The normalized spacial score (nSPS) is 12.1. The number of amides is 3. The second-order valence-electron chi connectivity index (χ2n) is 8.41. The minimum atomic E-state index is -4.06. The highest BCUT2D eigenvalue weighted by molar-refractivity contribution is 7.90. The standard InChI is InChI=1S/C26H21ClFN7O5S/c1-16(36)32-41(39,40)19-9-7-18(8-10-19)30-26(38)25(17-5-3-2-4-6-17)31-23(37)14-11-20-22(35-15-29-33-34-35)13-12-21(27)24(20)28/h2-15,25H,1H3,(H,30,38)(H,31,37)(H,32,36)/b14-11+. The van der Waals surface area contributed by atoms with Crippen LogP contribution in [0.1, 0.15) is 24.1 Å². The molecule has 0 saturated heterocycles. The van der Waals surface area contributed by atoms with E-state index < -0.39 is 39.6 Å². The molecular formula is C26H21ClFN7O5S. The van der Waals surface area contributed by atoms with Crippen LogP contribution in [0.15, 0.2) is 84.0 Å². The van der Waals surface area contributed by atoms with E-state index in [2.05, 4.69) is 26.2 Å². The molecule has 1 unspecified atom stereocenters. The lowest BCUT2D eigenvalue weighted by molar-refractivity contribution is -0.123. The van der Waals surface area contributed by atoms with E-state index in [1.54, 1.807) is 30.3 Å². The molecule has 0 saturated carbocycles. The van der Waals surface area contributed by atoms with Gasteiger partial charge in [-0.05, 0) is 58.5 Å². The van der Waals surface area contributed by atoms with Gasteiger partial charge in [0.05, 0.1) is 15.6 Å². The molecule has 4 rings (SSSR count). The van der Waals surface area contributed by atoms with Gasteiger partial charge in [0, 0.05) is 24.3 Å². The summed E-state index contributed by atoms with van der Waals surface area (Å²) >= 11 is 5.93. The summed E-state index contributed by atoms with van der Waals surface area (Å²) in [6, 6.07) is 15.1. The molecule has 3 aromatic carbocycles. The van der Waals surface area contributed by atoms with Gasteiger partial charge in [-0.15, -0.1) is 5.10 Å². The van der Waals surface area contributed by atoms with Gasteiger partial charge < -0.3 is 10.6 Å². The van der Waals surface area contributed by atoms with Crippen molar-refractivity contribution in [3.05, 3.63) is 101 Å². The van der Waals surface area contributed by atoms with Crippen molar-refractivity contribution in [1.29, 1.82) is 0 Å². The highest BCUT2D eigenvalue weighted by Gasteiger charge is 2.23. The van der Waals surface area contributed by atoms with Gasteiger partial charge >= 0.3 is 0 Å². The molecular weight excluding hydrogens is 577 g/mol. The zero-order chi connectivity index (χ0) is 29.6. The predicted octanol–water partition coefficient (Wildman–Crippen LogP) is 2.79. The molecule has 3 amide bonds. The molecule has 1 atom stereocenters. The molecule has 15 heteroatoms. The summed E-state index contributed by atoms with van der Waals surface area (Å²) in [4.78, 5) is 37.1. The van der Waals surface area contributed by atoms with E-state index in [-0.39, 0.29) is 26.9 Å². The van der Waals surface area contributed by atoms with Crippen LogP contribution in [0.2, 0.25) is 5.02 Å². The number of rotatable bonds is 9. The fourth-order valence-corrected chi connectivity index (χ4v) is 4.82. The Morgan fingerprint density at radius 1 is 1.02 bits per heavy atom. The van der Waals surface area contributed by atoms with Gasteiger partial charge in [0.15, 0.2) is 5.82 Å². The number of carbonyl (C=O) groups excluding carboxylic acids is 3. The Kier molecular flexibility index (Phi) is 8.84. The van der Waals surface area contributed by atoms with Crippen LogP contribution in [0.25, 0.3) is 11.8 Å². The molecule has 0 radical (unpaired) electrons. The maximum absolute atomic E-state index is 14.8. The number of hydrogen-bond donors (Lipinski definition) is 3. The molecule has 0 aliphatic rings. The van der Waals surface area contributed by atoms with E-state index in [1.807, 2.05) is 4.72 Å². The molecule has 12 nitrogen and oxygen atoms in total. The van der Waals surface area contributed by atoms with Gasteiger partial charge in [-0.25, -0.2) is 17.5 Å². The van der Waals surface area contributed by atoms with Gasteiger partial charge in [-0.1, -0.05) is 41.9 Å². The zero-order valence-electron chi connectivity index (χ0n) is 21.2. The number of benzene rings is 3. The van der Waals surface area contributed by atoms with E-state index >= 15 is 0 Å². The molecule has 1 heterocycles. The molecule has 3 N–H and O–H groups in total. The molecule has 0 fully saturated rings. The molecule has 1 aromatic heterocycles. The second kappa shape index (κ2) is 12.5. The molecule has 0 bridgehead atoms. The van der Waals surface area contributed by atoms with Crippen LogP contribution < -0.4 is 15.4 Å². The molecule has 0 aliphatic heterocycles. The Morgan fingerprint density at radius 2 is 1.73 bits per heavy atom. The van der Waals surface area contributed by atoms with E-state index in [0.29, 0.717) is 5.56 Å². The number of anilines is 1. The topological polar surface area (TPSA) is 165 Å². The zero-order valence-corrected chi connectivity index (χ0v) is 22.7. The SMILES string of the molecule is CC(=O)NS(=O)(=O)c1ccc(NC(=O)C(NC(=O)/C=C/c2c(-n3cnnn3)ccc(Cl)c2F)c2ccccc2)cc1. The Bertz CT molecular complexity index is 1720. The van der Waals surface area contributed by atoms with Crippen molar-refractivity contribution in [3.63, 3.8) is 0 Å². The van der Waals surface area contributed by atoms with Gasteiger partial charge in [0.2, 0.25) is 11.8 Å². The van der Waals surface area contributed by atoms with Gasteiger partial charge in [0.25, 0.3) is 15.9 Å². The highest BCUT2D eigenvalue weighted by Crippen LogP contribution is 2.25. The number of nitrogens with zero attached hydrogens (tertiary/aromatic N) is 4. The van der Waals surface area contributed by atoms with Crippen molar-refractivity contribution in [3.8, 4) is 5.69 Å². The molecule has 0 aliphatic carbocycles. The second-order valence-corrected chi connectivity index (χ2v) is 10.5. The number of aromatic nitrogens is 4. The van der Waals surface area contributed by atoms with Crippen molar-refractivity contribution >= 4 is 51.1 Å². The van der Waals surface area contributed by atoms with Crippen LogP contribution in [-0.4, -0.2) is 46.3 Å². The third kappa shape index (κ3) is 7.17. The van der Waals surface area contributed by atoms with Crippen LogP contribution in [0.3, 0.4) is 0 Å². The smallest absolute Gasteiger partial charge is 0.264 e. The van der Waals surface area contributed by atoms with Gasteiger partial charge in [0.1, 0.15) is 12.4 Å². The fraction of sp³-hybridized carbons (Fsp3) is 0.0769. The number of halogens is 2. The van der Waals surface area contributed by atoms with E-state index in [4.69, 9.17) is 11.6 Å². The maximum Gasteiger partial charge on any atom is 0.264 e. The summed E-state index contributed by atoms with van der Waals surface area (Å²) in [5, 5.41) is 15.8. The van der Waals surface area contributed by atoms with Gasteiger partial charge in [-0.3, -0.25) is 14.4 Å². The lowest BCUT2D eigenvalue weighted by Gasteiger charge is -2.18. The summed E-state index contributed by atoms with van der Waals surface area (Å²) < 4.78 is 42.2. The quantitative estimate of drug-likeness (QED) is 0.248. The molecule has 210 valence electrons. The summed E-state index contributed by atoms with van der Waals surface area (Å²) in [5.41, 5.74) is 0.840. The first-order valence-electron chi connectivity index (χ1n) is 11.7. The lowest BCUT2D eigenvalue weighted by atomic mass is 10.1. The number of tetrazole rings is 1. The Hall–Kier alpha value is -4.95. The number of sulfonamides is 1. The van der Waals surface area contributed by atoms with E-state index in [9.17, 15) is 27.2 Å². The van der Waals surface area contributed by atoms with Crippen molar-refractivity contribution in [2.45, 2.75) is 17.9 Å². The number of hydrogen-bond acceptors (Lipinski definition) is 8. The lowest BCUT2D eigenvalue weighted by Crippen LogP contribution is -2.36. The maximum atomic E-state index is 14.8. The highest BCUT2D eigenvalue weighted by atomic mass is 35.5. The van der Waals surface area contributed by atoms with Crippen molar-refractivity contribution in [2.75, 3.05) is 5.32 Å².